The number of rotatable bonds is 5. The molecule has 0 saturated heterocycles. The summed E-state index contributed by atoms with van der Waals surface area (Å²) >= 11 is 1.32. The fourth-order valence-corrected chi connectivity index (χ4v) is 4.15. The summed E-state index contributed by atoms with van der Waals surface area (Å²) in [6.07, 6.45) is 0. The second kappa shape index (κ2) is 7.52. The van der Waals surface area contributed by atoms with Crippen molar-refractivity contribution in [3.63, 3.8) is 0 Å². The molecule has 29 heavy (non-hydrogen) atoms. The van der Waals surface area contributed by atoms with Crippen molar-refractivity contribution in [3.8, 4) is 27.6 Å². The van der Waals surface area contributed by atoms with Crippen LogP contribution in [-0.4, -0.2) is 39.9 Å². The van der Waals surface area contributed by atoms with Crippen molar-refractivity contribution in [1.82, 2.24) is 14.8 Å². The third kappa shape index (κ3) is 3.40. The van der Waals surface area contributed by atoms with Gasteiger partial charge in [0.25, 0.3) is 0 Å². The number of hydrogen-bond donors (Lipinski definition) is 1. The first kappa shape index (κ1) is 18.9. The normalized spacial score (nSPS) is 10.9. The molecular weight excluding hydrogens is 384 g/mol. The molecule has 0 aliphatic heterocycles. The number of aromatic carboxylic acids is 1. The third-order valence-corrected chi connectivity index (χ3v) is 5.52. The van der Waals surface area contributed by atoms with Crippen LogP contribution in [0.2, 0.25) is 0 Å². The van der Waals surface area contributed by atoms with E-state index < -0.39 is 5.97 Å². The molecule has 4 aromatic rings. The summed E-state index contributed by atoms with van der Waals surface area (Å²) in [4.78, 5) is 18.6. The van der Waals surface area contributed by atoms with E-state index in [-0.39, 0.29) is 5.69 Å². The topological polar surface area (TPSA) is 71.2 Å². The van der Waals surface area contributed by atoms with Gasteiger partial charge >= 0.3 is 5.97 Å². The number of carboxylic acids is 1. The van der Waals surface area contributed by atoms with Crippen LogP contribution in [0, 0.1) is 6.92 Å². The number of carbonyl (C=O) groups is 1. The Bertz CT molecular complexity index is 1160. The summed E-state index contributed by atoms with van der Waals surface area (Å²) < 4.78 is 1.76. The lowest BCUT2D eigenvalue weighted by Gasteiger charge is -2.16. The highest BCUT2D eigenvalue weighted by atomic mass is 32.1. The van der Waals surface area contributed by atoms with Gasteiger partial charge < -0.3 is 10.0 Å². The van der Waals surface area contributed by atoms with E-state index >= 15 is 0 Å². The molecule has 0 fully saturated rings. The molecule has 0 atom stereocenters. The van der Waals surface area contributed by atoms with Gasteiger partial charge in [-0.1, -0.05) is 72.0 Å². The van der Waals surface area contributed by atoms with E-state index in [1.54, 1.807) is 11.6 Å². The standard InChI is InChI=1S/C22H20N4O2S/c1-14-17(21(27)28)23-22(29-14)26-19(16-12-8-5-9-13-16)20(25(2)3)18(24-26)15-10-6-4-7-11-15/h4-13H,1-3H3,(H,27,28). The molecule has 4 rings (SSSR count). The first-order valence-corrected chi connectivity index (χ1v) is 9.91. The monoisotopic (exact) mass is 404 g/mol. The van der Waals surface area contributed by atoms with Gasteiger partial charge in [0.05, 0.1) is 5.69 Å². The first-order chi connectivity index (χ1) is 14.0. The van der Waals surface area contributed by atoms with Crippen LogP contribution in [0.4, 0.5) is 5.69 Å². The van der Waals surface area contributed by atoms with E-state index in [0.717, 1.165) is 28.2 Å². The summed E-state index contributed by atoms with van der Waals surface area (Å²) in [6.45, 7) is 1.77. The number of aromatic nitrogens is 3. The Hall–Kier alpha value is -3.45. The fraction of sp³-hybridized carbons (Fsp3) is 0.136. The van der Waals surface area contributed by atoms with E-state index in [0.29, 0.717) is 10.0 Å². The SMILES string of the molecule is Cc1sc(-n2nc(-c3ccccc3)c(N(C)C)c2-c2ccccc2)nc1C(=O)O. The summed E-state index contributed by atoms with van der Waals surface area (Å²) in [5.74, 6) is -1.03. The average Bonchev–Trinajstić information content (AvgIpc) is 3.30. The number of aryl methyl sites for hydroxylation is 1. The van der Waals surface area contributed by atoms with Gasteiger partial charge in [-0.3, -0.25) is 0 Å². The molecule has 2 aromatic carbocycles. The number of hydrogen-bond acceptors (Lipinski definition) is 5. The molecule has 146 valence electrons. The van der Waals surface area contributed by atoms with Gasteiger partial charge in [-0.2, -0.15) is 5.10 Å². The van der Waals surface area contributed by atoms with Crippen molar-refractivity contribution in [2.45, 2.75) is 6.92 Å². The van der Waals surface area contributed by atoms with Gasteiger partial charge in [-0.15, -0.1) is 0 Å². The molecule has 0 amide bonds. The Kier molecular flexibility index (Phi) is 4.90. The highest BCUT2D eigenvalue weighted by Crippen LogP contribution is 2.40. The Morgan fingerprint density at radius 3 is 2.10 bits per heavy atom. The van der Waals surface area contributed by atoms with Crippen molar-refractivity contribution < 1.29 is 9.90 Å². The molecule has 0 aliphatic carbocycles. The van der Waals surface area contributed by atoms with Crippen LogP contribution >= 0.6 is 11.3 Å². The predicted octanol–water partition coefficient (Wildman–Crippen LogP) is 4.74. The zero-order valence-corrected chi connectivity index (χ0v) is 17.1. The summed E-state index contributed by atoms with van der Waals surface area (Å²) in [5, 5.41) is 14.9. The van der Waals surface area contributed by atoms with Gasteiger partial charge in [-0.25, -0.2) is 14.5 Å². The quantitative estimate of drug-likeness (QED) is 0.520. The molecule has 0 aliphatic rings. The lowest BCUT2D eigenvalue weighted by molar-refractivity contribution is 0.0690. The van der Waals surface area contributed by atoms with E-state index in [1.807, 2.05) is 79.7 Å². The molecule has 2 heterocycles. The zero-order valence-electron chi connectivity index (χ0n) is 16.3. The Morgan fingerprint density at radius 2 is 1.59 bits per heavy atom. The molecule has 0 spiro atoms. The number of anilines is 1. The Morgan fingerprint density at radius 1 is 1.00 bits per heavy atom. The van der Waals surface area contributed by atoms with Crippen LogP contribution in [0.25, 0.3) is 27.6 Å². The van der Waals surface area contributed by atoms with Crippen LogP contribution in [0.3, 0.4) is 0 Å². The van der Waals surface area contributed by atoms with Crippen molar-refractivity contribution >= 4 is 23.0 Å². The van der Waals surface area contributed by atoms with Crippen LogP contribution in [0.1, 0.15) is 15.4 Å². The largest absolute Gasteiger partial charge is 0.476 e. The molecule has 0 saturated carbocycles. The number of nitrogens with zero attached hydrogens (tertiary/aromatic N) is 4. The van der Waals surface area contributed by atoms with E-state index in [1.165, 1.54) is 11.3 Å². The van der Waals surface area contributed by atoms with Gasteiger partial charge in [0.15, 0.2) is 5.69 Å². The van der Waals surface area contributed by atoms with Crippen LogP contribution in [0.15, 0.2) is 60.7 Å². The minimum Gasteiger partial charge on any atom is -0.476 e. The molecule has 0 bridgehead atoms. The highest BCUT2D eigenvalue weighted by molar-refractivity contribution is 7.14. The maximum atomic E-state index is 11.5. The first-order valence-electron chi connectivity index (χ1n) is 9.09. The zero-order chi connectivity index (χ0) is 20.5. The van der Waals surface area contributed by atoms with Gasteiger partial charge in [0, 0.05) is 30.1 Å². The Labute approximate surface area is 172 Å². The molecule has 2 aromatic heterocycles. The minimum absolute atomic E-state index is 0.0622. The second-order valence-corrected chi connectivity index (χ2v) is 7.97. The molecule has 0 radical (unpaired) electrons. The summed E-state index contributed by atoms with van der Waals surface area (Å²) in [6, 6.07) is 19.9. The van der Waals surface area contributed by atoms with Crippen LogP contribution < -0.4 is 4.90 Å². The van der Waals surface area contributed by atoms with Crippen LogP contribution in [-0.2, 0) is 0 Å². The molecular formula is C22H20N4O2S. The maximum Gasteiger partial charge on any atom is 0.355 e. The molecule has 1 N–H and O–H groups in total. The average molecular weight is 404 g/mol. The van der Waals surface area contributed by atoms with Crippen molar-refractivity contribution in [2.24, 2.45) is 0 Å². The van der Waals surface area contributed by atoms with E-state index in [2.05, 4.69) is 4.98 Å². The third-order valence-electron chi connectivity index (χ3n) is 4.57. The number of benzene rings is 2. The van der Waals surface area contributed by atoms with Gasteiger partial charge in [0.2, 0.25) is 5.13 Å². The highest BCUT2D eigenvalue weighted by Gasteiger charge is 2.25. The van der Waals surface area contributed by atoms with E-state index in [9.17, 15) is 9.90 Å². The second-order valence-electron chi connectivity index (χ2n) is 6.79. The molecule has 6 nitrogen and oxygen atoms in total. The van der Waals surface area contributed by atoms with Gasteiger partial charge in [-0.05, 0) is 6.92 Å². The molecule has 7 heteroatoms. The minimum atomic E-state index is -1.03. The predicted molar refractivity (Wildman–Crippen MR) is 116 cm³/mol. The number of thiazole rings is 1. The fourth-order valence-electron chi connectivity index (χ4n) is 3.29. The number of carboxylic acid groups (broad SMARTS) is 1. The van der Waals surface area contributed by atoms with Gasteiger partial charge in [0.1, 0.15) is 11.4 Å². The Balaban J connectivity index is 2.05. The van der Waals surface area contributed by atoms with E-state index in [4.69, 9.17) is 5.10 Å². The lowest BCUT2D eigenvalue weighted by Crippen LogP contribution is -2.11. The van der Waals surface area contributed by atoms with Crippen molar-refractivity contribution in [1.29, 1.82) is 0 Å². The summed E-state index contributed by atoms with van der Waals surface area (Å²) in [7, 11) is 3.96. The van der Waals surface area contributed by atoms with Crippen molar-refractivity contribution in [2.75, 3.05) is 19.0 Å². The maximum absolute atomic E-state index is 11.5. The smallest absolute Gasteiger partial charge is 0.355 e. The summed E-state index contributed by atoms with van der Waals surface area (Å²) in [5.41, 5.74) is 4.67. The molecule has 0 unspecified atom stereocenters. The van der Waals surface area contributed by atoms with Crippen molar-refractivity contribution in [3.05, 3.63) is 71.2 Å². The lowest BCUT2D eigenvalue weighted by atomic mass is 10.1. The van der Waals surface area contributed by atoms with Crippen LogP contribution in [0.5, 0.6) is 0 Å².